The lowest BCUT2D eigenvalue weighted by Crippen LogP contribution is -2.73. The number of nitrogens with zero attached hydrogens (tertiary/aromatic N) is 2. The number of carboxylic acid groups (broad SMARTS) is 1. The van der Waals surface area contributed by atoms with Gasteiger partial charge in [-0.1, -0.05) is 0 Å². The molecule has 0 saturated carbocycles. The van der Waals surface area contributed by atoms with Crippen LogP contribution < -0.4 is 0 Å². The van der Waals surface area contributed by atoms with Crippen molar-refractivity contribution in [1.29, 1.82) is 0 Å². The molecule has 6 heteroatoms. The lowest BCUT2D eigenvalue weighted by Gasteiger charge is -2.59. The highest BCUT2D eigenvalue weighted by Crippen LogP contribution is 2.39. The van der Waals surface area contributed by atoms with Crippen molar-refractivity contribution in [2.75, 3.05) is 32.7 Å². The SMILES string of the molecule is O=C(O)N1CC2(CN(CC(F)F)C2)C1. The lowest BCUT2D eigenvalue weighted by molar-refractivity contribution is -0.114. The molecule has 80 valence electrons. The second-order valence-electron chi connectivity index (χ2n) is 4.20. The van der Waals surface area contributed by atoms with E-state index in [2.05, 4.69) is 0 Å². The van der Waals surface area contributed by atoms with Crippen LogP contribution in [0.4, 0.5) is 13.6 Å². The predicted molar refractivity (Wildman–Crippen MR) is 44.5 cm³/mol. The number of rotatable bonds is 2. The van der Waals surface area contributed by atoms with Gasteiger partial charge < -0.3 is 10.0 Å². The highest BCUT2D eigenvalue weighted by atomic mass is 19.3. The molecule has 2 fully saturated rings. The molecule has 1 amide bonds. The van der Waals surface area contributed by atoms with Crippen molar-refractivity contribution in [3.8, 4) is 0 Å². The fourth-order valence-electron chi connectivity index (χ4n) is 2.33. The molecule has 0 atom stereocenters. The highest BCUT2D eigenvalue weighted by Gasteiger charge is 2.53. The van der Waals surface area contributed by atoms with Crippen LogP contribution in [0.15, 0.2) is 0 Å². The molecule has 2 saturated heterocycles. The summed E-state index contributed by atoms with van der Waals surface area (Å²) >= 11 is 0. The molecule has 2 heterocycles. The topological polar surface area (TPSA) is 43.8 Å². The van der Waals surface area contributed by atoms with E-state index in [0.717, 1.165) is 0 Å². The molecule has 0 radical (unpaired) electrons. The largest absolute Gasteiger partial charge is 0.465 e. The molecule has 0 aliphatic carbocycles. The fraction of sp³-hybridized carbons (Fsp3) is 0.875. The fourth-order valence-corrected chi connectivity index (χ4v) is 2.33. The Morgan fingerprint density at radius 3 is 2.36 bits per heavy atom. The van der Waals surface area contributed by atoms with Crippen LogP contribution in [0.2, 0.25) is 0 Å². The van der Waals surface area contributed by atoms with Gasteiger partial charge in [0.25, 0.3) is 6.43 Å². The van der Waals surface area contributed by atoms with Crippen molar-refractivity contribution < 1.29 is 18.7 Å². The summed E-state index contributed by atoms with van der Waals surface area (Å²) in [6.45, 7) is 2.04. The van der Waals surface area contributed by atoms with Crippen LogP contribution in [0.3, 0.4) is 0 Å². The maximum atomic E-state index is 11.9. The first kappa shape index (κ1) is 9.64. The van der Waals surface area contributed by atoms with Crippen LogP contribution in [0.5, 0.6) is 0 Å². The Hall–Kier alpha value is -0.910. The number of hydrogen-bond donors (Lipinski definition) is 1. The minimum absolute atomic E-state index is 0.00667. The van der Waals surface area contributed by atoms with E-state index in [1.807, 2.05) is 0 Å². The van der Waals surface area contributed by atoms with Gasteiger partial charge in [-0.15, -0.1) is 0 Å². The maximum absolute atomic E-state index is 11.9. The first-order chi connectivity index (χ1) is 6.51. The molecule has 2 aliphatic rings. The zero-order valence-electron chi connectivity index (χ0n) is 7.62. The summed E-state index contributed by atoms with van der Waals surface area (Å²) < 4.78 is 23.9. The summed E-state index contributed by atoms with van der Waals surface area (Å²) in [5.74, 6) is 0. The third kappa shape index (κ3) is 1.54. The molecular formula is C8H12F2N2O2. The van der Waals surface area contributed by atoms with Crippen molar-refractivity contribution in [1.82, 2.24) is 9.80 Å². The monoisotopic (exact) mass is 206 g/mol. The van der Waals surface area contributed by atoms with Gasteiger partial charge in [0.05, 0.1) is 6.54 Å². The van der Waals surface area contributed by atoms with Crippen LogP contribution in [-0.4, -0.2) is 60.1 Å². The molecule has 1 N–H and O–H groups in total. The van der Waals surface area contributed by atoms with Gasteiger partial charge in [-0.3, -0.25) is 4.90 Å². The van der Waals surface area contributed by atoms with E-state index in [1.165, 1.54) is 4.90 Å². The Kier molecular flexibility index (Phi) is 2.10. The number of halogens is 2. The Morgan fingerprint density at radius 1 is 1.36 bits per heavy atom. The summed E-state index contributed by atoms with van der Waals surface area (Å²) in [7, 11) is 0. The van der Waals surface area contributed by atoms with Gasteiger partial charge in [0.2, 0.25) is 0 Å². The van der Waals surface area contributed by atoms with Gasteiger partial charge in [-0.25, -0.2) is 13.6 Å². The first-order valence-electron chi connectivity index (χ1n) is 4.49. The minimum Gasteiger partial charge on any atom is -0.465 e. The lowest BCUT2D eigenvalue weighted by atomic mass is 9.73. The van der Waals surface area contributed by atoms with Crippen molar-refractivity contribution in [3.63, 3.8) is 0 Å². The third-order valence-electron chi connectivity index (χ3n) is 2.84. The average Bonchev–Trinajstić information content (AvgIpc) is 1.89. The second kappa shape index (κ2) is 3.05. The van der Waals surface area contributed by atoms with E-state index in [4.69, 9.17) is 5.11 Å². The van der Waals surface area contributed by atoms with Gasteiger partial charge in [0.15, 0.2) is 0 Å². The standard InChI is InChI=1S/C8H12F2N2O2/c9-6(10)1-11-2-8(3-11)4-12(5-8)7(13)14/h6H,1-5H2,(H,13,14). The normalized spacial score (nSPS) is 24.9. The van der Waals surface area contributed by atoms with Crippen LogP contribution in [0, 0.1) is 5.41 Å². The van der Waals surface area contributed by atoms with Crippen molar-refractivity contribution >= 4 is 6.09 Å². The molecule has 2 rings (SSSR count). The van der Waals surface area contributed by atoms with Crippen LogP contribution in [0.1, 0.15) is 0 Å². The Balaban J connectivity index is 1.72. The Labute approximate surface area is 80.1 Å². The third-order valence-corrected chi connectivity index (χ3v) is 2.84. The molecule has 0 bridgehead atoms. The number of likely N-dealkylation sites (tertiary alicyclic amines) is 2. The van der Waals surface area contributed by atoms with Gasteiger partial charge in [-0.05, 0) is 0 Å². The zero-order chi connectivity index (χ0) is 10.3. The second-order valence-corrected chi connectivity index (χ2v) is 4.20. The van der Waals surface area contributed by atoms with Crippen LogP contribution >= 0.6 is 0 Å². The first-order valence-corrected chi connectivity index (χ1v) is 4.49. The summed E-state index contributed by atoms with van der Waals surface area (Å²) in [5, 5.41) is 8.59. The van der Waals surface area contributed by atoms with Gasteiger partial charge >= 0.3 is 6.09 Å². The van der Waals surface area contributed by atoms with E-state index in [0.29, 0.717) is 26.2 Å². The van der Waals surface area contributed by atoms with E-state index in [-0.39, 0.29) is 12.0 Å². The molecular weight excluding hydrogens is 194 g/mol. The zero-order valence-corrected chi connectivity index (χ0v) is 7.62. The average molecular weight is 206 g/mol. The number of alkyl halides is 2. The number of amides is 1. The molecule has 0 unspecified atom stereocenters. The summed E-state index contributed by atoms with van der Waals surface area (Å²) in [6, 6.07) is 0. The van der Waals surface area contributed by atoms with E-state index in [1.54, 1.807) is 4.90 Å². The van der Waals surface area contributed by atoms with Crippen molar-refractivity contribution in [2.24, 2.45) is 5.41 Å². The van der Waals surface area contributed by atoms with E-state index >= 15 is 0 Å². The number of carbonyl (C=O) groups is 1. The molecule has 14 heavy (non-hydrogen) atoms. The van der Waals surface area contributed by atoms with Crippen molar-refractivity contribution in [3.05, 3.63) is 0 Å². The molecule has 0 aromatic rings. The van der Waals surface area contributed by atoms with E-state index < -0.39 is 12.5 Å². The summed E-state index contributed by atoms with van der Waals surface area (Å²) in [6.07, 6.45) is -3.20. The molecule has 0 aromatic carbocycles. The summed E-state index contributed by atoms with van der Waals surface area (Å²) in [4.78, 5) is 13.5. The van der Waals surface area contributed by atoms with E-state index in [9.17, 15) is 13.6 Å². The number of hydrogen-bond acceptors (Lipinski definition) is 2. The van der Waals surface area contributed by atoms with Crippen LogP contribution in [0.25, 0.3) is 0 Å². The van der Waals surface area contributed by atoms with Crippen LogP contribution in [-0.2, 0) is 0 Å². The minimum atomic E-state index is -2.29. The van der Waals surface area contributed by atoms with Gasteiger partial charge in [0.1, 0.15) is 0 Å². The maximum Gasteiger partial charge on any atom is 0.407 e. The molecule has 1 spiro atoms. The van der Waals surface area contributed by atoms with Crippen molar-refractivity contribution in [2.45, 2.75) is 6.43 Å². The quantitative estimate of drug-likeness (QED) is 0.717. The van der Waals surface area contributed by atoms with Gasteiger partial charge in [-0.2, -0.15) is 0 Å². The Morgan fingerprint density at radius 2 is 1.93 bits per heavy atom. The molecule has 2 aliphatic heterocycles. The molecule has 0 aromatic heterocycles. The summed E-state index contributed by atoms with van der Waals surface area (Å²) in [5.41, 5.74) is -0.00667. The van der Waals surface area contributed by atoms with Gasteiger partial charge in [0, 0.05) is 31.6 Å². The highest BCUT2D eigenvalue weighted by molar-refractivity contribution is 5.66. The smallest absolute Gasteiger partial charge is 0.407 e. The predicted octanol–water partition coefficient (Wildman–Crippen LogP) is 0.547. The molecule has 4 nitrogen and oxygen atoms in total. The Bertz CT molecular complexity index is 246.